The lowest BCUT2D eigenvalue weighted by Gasteiger charge is -2.33. The molecule has 1 aliphatic rings. The molecule has 1 heterocycles. The number of rotatable bonds is 5. The molecule has 3 N–H and O–H groups in total. The SMILES string of the molecule is CC1CC(OC(=O)c2ccccc2)C(C)CN1.O=C(O)CCC(=O)O. The molecule has 7 nitrogen and oxygen atoms in total. The van der Waals surface area contributed by atoms with Crippen LogP contribution in [0.3, 0.4) is 0 Å². The van der Waals surface area contributed by atoms with Crippen LogP contribution in [0.2, 0.25) is 0 Å². The van der Waals surface area contributed by atoms with Gasteiger partial charge < -0.3 is 20.3 Å². The number of esters is 1. The molecule has 7 heteroatoms. The highest BCUT2D eigenvalue weighted by molar-refractivity contribution is 5.89. The third kappa shape index (κ3) is 8.30. The first kappa shape index (κ1) is 20.6. The van der Waals surface area contributed by atoms with Crippen LogP contribution in [-0.4, -0.2) is 46.8 Å². The predicted molar refractivity (Wildman–Crippen MR) is 91.4 cm³/mol. The van der Waals surface area contributed by atoms with Gasteiger partial charge in [0.25, 0.3) is 0 Å². The molecule has 0 spiro atoms. The van der Waals surface area contributed by atoms with Gasteiger partial charge in [-0.1, -0.05) is 25.1 Å². The minimum atomic E-state index is -1.08. The molecule has 1 fully saturated rings. The number of aliphatic carboxylic acids is 2. The number of hydrogen-bond acceptors (Lipinski definition) is 5. The van der Waals surface area contributed by atoms with Crippen molar-refractivity contribution in [1.29, 1.82) is 0 Å². The topological polar surface area (TPSA) is 113 Å². The van der Waals surface area contributed by atoms with Crippen LogP contribution in [0.15, 0.2) is 30.3 Å². The quantitative estimate of drug-likeness (QED) is 0.697. The lowest BCUT2D eigenvalue weighted by atomic mass is 9.93. The highest BCUT2D eigenvalue weighted by Crippen LogP contribution is 2.19. The third-order valence-corrected chi connectivity index (χ3v) is 3.83. The Hall–Kier alpha value is -2.41. The average molecular weight is 351 g/mol. The highest BCUT2D eigenvalue weighted by Gasteiger charge is 2.28. The summed E-state index contributed by atoms with van der Waals surface area (Å²) in [7, 11) is 0. The molecule has 25 heavy (non-hydrogen) atoms. The van der Waals surface area contributed by atoms with Crippen molar-refractivity contribution in [2.24, 2.45) is 5.92 Å². The van der Waals surface area contributed by atoms with Crippen molar-refractivity contribution in [2.75, 3.05) is 6.54 Å². The van der Waals surface area contributed by atoms with E-state index in [2.05, 4.69) is 19.2 Å². The molecule has 1 aliphatic heterocycles. The Labute approximate surface area is 147 Å². The molecule has 138 valence electrons. The van der Waals surface area contributed by atoms with Crippen molar-refractivity contribution in [3.63, 3.8) is 0 Å². The Kier molecular flexibility index (Phi) is 8.63. The van der Waals surface area contributed by atoms with Gasteiger partial charge in [0.05, 0.1) is 18.4 Å². The number of hydrogen-bond donors (Lipinski definition) is 3. The Morgan fingerprint density at radius 2 is 1.64 bits per heavy atom. The normalized spacial score (nSPS) is 22.2. The molecule has 1 aromatic carbocycles. The Morgan fingerprint density at radius 1 is 1.08 bits per heavy atom. The van der Waals surface area contributed by atoms with Crippen LogP contribution in [0.25, 0.3) is 0 Å². The van der Waals surface area contributed by atoms with E-state index in [1.165, 1.54) is 0 Å². The maximum Gasteiger partial charge on any atom is 0.338 e. The lowest BCUT2D eigenvalue weighted by Crippen LogP contribution is -2.45. The number of benzene rings is 1. The van der Waals surface area contributed by atoms with Crippen LogP contribution in [0.1, 0.15) is 43.5 Å². The summed E-state index contributed by atoms with van der Waals surface area (Å²) in [5.74, 6) is -1.99. The van der Waals surface area contributed by atoms with E-state index in [0.717, 1.165) is 13.0 Å². The van der Waals surface area contributed by atoms with E-state index >= 15 is 0 Å². The first-order chi connectivity index (χ1) is 11.8. The van der Waals surface area contributed by atoms with E-state index in [4.69, 9.17) is 14.9 Å². The Balaban J connectivity index is 0.000000333. The molecule has 0 bridgehead atoms. The summed E-state index contributed by atoms with van der Waals surface area (Å²) in [6.07, 6.45) is 0.323. The zero-order chi connectivity index (χ0) is 18.8. The fraction of sp³-hybridized carbons (Fsp3) is 0.500. The molecule has 2 rings (SSSR count). The molecule has 1 aromatic rings. The third-order valence-electron chi connectivity index (χ3n) is 3.83. The fourth-order valence-electron chi connectivity index (χ4n) is 2.34. The number of carboxylic acid groups (broad SMARTS) is 2. The van der Waals surface area contributed by atoms with E-state index in [1.54, 1.807) is 12.1 Å². The van der Waals surface area contributed by atoms with Crippen LogP contribution in [0.4, 0.5) is 0 Å². The number of carbonyl (C=O) groups excluding carboxylic acids is 1. The van der Waals surface area contributed by atoms with Gasteiger partial charge in [0.1, 0.15) is 6.10 Å². The second-order valence-electron chi connectivity index (χ2n) is 6.12. The lowest BCUT2D eigenvalue weighted by molar-refractivity contribution is -0.143. The van der Waals surface area contributed by atoms with Gasteiger partial charge in [-0.05, 0) is 25.5 Å². The number of carboxylic acids is 2. The van der Waals surface area contributed by atoms with Gasteiger partial charge in [-0.3, -0.25) is 9.59 Å². The maximum atomic E-state index is 11.9. The van der Waals surface area contributed by atoms with Crippen molar-refractivity contribution in [1.82, 2.24) is 5.32 Å². The molecule has 0 aromatic heterocycles. The maximum absolute atomic E-state index is 11.9. The molecule has 3 atom stereocenters. The van der Waals surface area contributed by atoms with Crippen LogP contribution < -0.4 is 5.32 Å². The molecule has 0 saturated carbocycles. The van der Waals surface area contributed by atoms with Gasteiger partial charge in [-0.15, -0.1) is 0 Å². The summed E-state index contributed by atoms with van der Waals surface area (Å²) in [5.41, 5.74) is 0.630. The summed E-state index contributed by atoms with van der Waals surface area (Å²) >= 11 is 0. The fourth-order valence-corrected chi connectivity index (χ4v) is 2.34. The summed E-state index contributed by atoms with van der Waals surface area (Å²) in [6, 6.07) is 9.59. The van der Waals surface area contributed by atoms with Gasteiger partial charge in [0.2, 0.25) is 0 Å². The van der Waals surface area contributed by atoms with Gasteiger partial charge in [0.15, 0.2) is 0 Å². The summed E-state index contributed by atoms with van der Waals surface area (Å²) in [4.78, 5) is 31.2. The van der Waals surface area contributed by atoms with Gasteiger partial charge in [-0.25, -0.2) is 4.79 Å². The molecular weight excluding hydrogens is 326 g/mol. The van der Waals surface area contributed by atoms with E-state index in [0.29, 0.717) is 17.5 Å². The Bertz CT molecular complexity index is 560. The predicted octanol–water partition coefficient (Wildman–Crippen LogP) is 2.17. The number of ether oxygens (including phenoxy) is 1. The van der Waals surface area contributed by atoms with E-state index in [9.17, 15) is 14.4 Å². The van der Waals surface area contributed by atoms with Gasteiger partial charge in [-0.2, -0.15) is 0 Å². The summed E-state index contributed by atoms with van der Waals surface area (Å²) in [5, 5.41) is 19.2. The standard InChI is InChI=1S/C14H19NO2.C4H6O4/c1-10-9-15-11(2)8-13(10)17-14(16)12-6-4-3-5-7-12;5-3(6)1-2-4(7)8/h3-7,10-11,13,15H,8-9H2,1-2H3;1-2H2,(H,5,6)(H,7,8). The zero-order valence-electron chi connectivity index (χ0n) is 14.5. The van der Waals surface area contributed by atoms with Crippen molar-refractivity contribution in [2.45, 2.75) is 45.3 Å². The molecule has 0 aliphatic carbocycles. The van der Waals surface area contributed by atoms with Gasteiger partial charge >= 0.3 is 17.9 Å². The Morgan fingerprint density at radius 3 is 2.16 bits per heavy atom. The van der Waals surface area contributed by atoms with Crippen LogP contribution in [0.5, 0.6) is 0 Å². The minimum absolute atomic E-state index is 0.0268. The van der Waals surface area contributed by atoms with Crippen molar-refractivity contribution in [3.8, 4) is 0 Å². The number of carbonyl (C=O) groups is 3. The first-order valence-corrected chi connectivity index (χ1v) is 8.22. The second-order valence-corrected chi connectivity index (χ2v) is 6.12. The van der Waals surface area contributed by atoms with Crippen LogP contribution in [-0.2, 0) is 14.3 Å². The highest BCUT2D eigenvalue weighted by atomic mass is 16.5. The summed E-state index contributed by atoms with van der Waals surface area (Å²) in [6.45, 7) is 5.14. The van der Waals surface area contributed by atoms with Crippen LogP contribution >= 0.6 is 0 Å². The molecule has 0 radical (unpaired) electrons. The largest absolute Gasteiger partial charge is 0.481 e. The molecule has 1 saturated heterocycles. The van der Waals surface area contributed by atoms with Crippen LogP contribution in [0, 0.1) is 5.92 Å². The summed E-state index contributed by atoms with van der Waals surface area (Å²) < 4.78 is 5.58. The van der Waals surface area contributed by atoms with Gasteiger partial charge in [0, 0.05) is 18.5 Å². The van der Waals surface area contributed by atoms with Crippen molar-refractivity contribution in [3.05, 3.63) is 35.9 Å². The van der Waals surface area contributed by atoms with E-state index in [-0.39, 0.29) is 24.9 Å². The first-order valence-electron chi connectivity index (χ1n) is 8.22. The zero-order valence-corrected chi connectivity index (χ0v) is 14.5. The van der Waals surface area contributed by atoms with Crippen molar-refractivity contribution < 1.29 is 29.3 Å². The van der Waals surface area contributed by atoms with Crippen molar-refractivity contribution >= 4 is 17.9 Å². The van der Waals surface area contributed by atoms with E-state index in [1.807, 2.05) is 18.2 Å². The average Bonchev–Trinajstić information content (AvgIpc) is 2.57. The molecule has 3 unspecified atom stereocenters. The number of nitrogens with one attached hydrogen (secondary N) is 1. The monoisotopic (exact) mass is 351 g/mol. The molecule has 0 amide bonds. The van der Waals surface area contributed by atoms with E-state index < -0.39 is 11.9 Å². The smallest absolute Gasteiger partial charge is 0.338 e. The molecular formula is C18H25NO6. The number of piperidine rings is 1. The minimum Gasteiger partial charge on any atom is -0.481 e. The second kappa shape index (κ2) is 10.5.